The molecule has 0 aliphatic carbocycles. The molecule has 1 aromatic rings. The lowest BCUT2D eigenvalue weighted by molar-refractivity contribution is -0.138. The number of carbonyl (C=O) groups is 2. The fraction of sp³-hybridized carbons (Fsp3) is 0.471. The number of nitrogens with zero attached hydrogens (tertiary/aromatic N) is 3. The largest absolute Gasteiger partial charge is 0.449 e. The summed E-state index contributed by atoms with van der Waals surface area (Å²) in [5.41, 5.74) is 1.57. The zero-order valence-electron chi connectivity index (χ0n) is 14.9. The molecule has 1 aliphatic rings. The number of anilines is 1. The predicted octanol–water partition coefficient (Wildman–Crippen LogP) is 0.926. The molecule has 26 heavy (non-hydrogen) atoms. The van der Waals surface area contributed by atoms with Crippen LogP contribution in [0.15, 0.2) is 18.2 Å². The zero-order valence-corrected chi connectivity index (χ0v) is 15.7. The molecule has 1 aliphatic heterocycles. The van der Waals surface area contributed by atoms with Crippen LogP contribution in [-0.4, -0.2) is 57.7 Å². The van der Waals surface area contributed by atoms with Crippen molar-refractivity contribution in [2.45, 2.75) is 25.9 Å². The molecule has 0 bridgehead atoms. The van der Waals surface area contributed by atoms with Crippen LogP contribution in [0, 0.1) is 11.3 Å². The molecule has 0 saturated carbocycles. The van der Waals surface area contributed by atoms with Crippen LogP contribution in [0.1, 0.15) is 29.3 Å². The summed E-state index contributed by atoms with van der Waals surface area (Å²) in [6.45, 7) is 2.07. The molecule has 0 aromatic heterocycles. The Balaban J connectivity index is 2.07. The van der Waals surface area contributed by atoms with E-state index < -0.39 is 28.0 Å². The van der Waals surface area contributed by atoms with Gasteiger partial charge in [-0.05, 0) is 37.1 Å². The average molecular weight is 379 g/mol. The number of sulfonamides is 1. The van der Waals surface area contributed by atoms with Crippen LogP contribution in [0.5, 0.6) is 0 Å². The van der Waals surface area contributed by atoms with Crippen molar-refractivity contribution in [2.24, 2.45) is 0 Å². The van der Waals surface area contributed by atoms with Crippen molar-refractivity contribution in [2.75, 3.05) is 30.7 Å². The highest BCUT2D eigenvalue weighted by Gasteiger charge is 2.28. The molecule has 0 radical (unpaired) electrons. The first-order chi connectivity index (χ1) is 12.1. The number of amides is 1. The molecule has 9 heteroatoms. The fourth-order valence-electron chi connectivity index (χ4n) is 2.76. The van der Waals surface area contributed by atoms with Crippen LogP contribution < -0.4 is 4.31 Å². The van der Waals surface area contributed by atoms with Gasteiger partial charge in [0.2, 0.25) is 10.0 Å². The smallest absolute Gasteiger partial charge is 0.338 e. The van der Waals surface area contributed by atoms with Crippen molar-refractivity contribution >= 4 is 27.6 Å². The molecule has 0 saturated heterocycles. The van der Waals surface area contributed by atoms with Crippen LogP contribution >= 0.6 is 0 Å². The molecular formula is C17H21N3O5S. The van der Waals surface area contributed by atoms with E-state index in [0.717, 1.165) is 11.8 Å². The van der Waals surface area contributed by atoms with Gasteiger partial charge in [0.25, 0.3) is 5.91 Å². The number of likely N-dealkylation sites (N-methyl/N-ethyl adjacent to an activating group) is 1. The minimum atomic E-state index is -3.35. The van der Waals surface area contributed by atoms with Crippen LogP contribution in [0.2, 0.25) is 0 Å². The maximum absolute atomic E-state index is 12.3. The van der Waals surface area contributed by atoms with Crippen molar-refractivity contribution in [3.63, 3.8) is 0 Å². The van der Waals surface area contributed by atoms with E-state index >= 15 is 0 Å². The van der Waals surface area contributed by atoms with Crippen LogP contribution in [0.25, 0.3) is 0 Å². The molecule has 0 N–H and O–H groups in total. The second kappa shape index (κ2) is 7.74. The Morgan fingerprint density at radius 3 is 2.73 bits per heavy atom. The number of benzene rings is 1. The van der Waals surface area contributed by atoms with E-state index in [1.807, 2.05) is 6.07 Å². The third kappa shape index (κ3) is 4.32. The predicted molar refractivity (Wildman–Crippen MR) is 95.1 cm³/mol. The first kappa shape index (κ1) is 19.7. The van der Waals surface area contributed by atoms with Crippen molar-refractivity contribution in [1.82, 2.24) is 4.90 Å². The van der Waals surface area contributed by atoms with Gasteiger partial charge in [-0.2, -0.15) is 5.26 Å². The topological polar surface area (TPSA) is 108 Å². The number of hydrogen-bond acceptors (Lipinski definition) is 6. The van der Waals surface area contributed by atoms with Gasteiger partial charge in [0.1, 0.15) is 0 Å². The molecule has 8 nitrogen and oxygen atoms in total. The van der Waals surface area contributed by atoms with E-state index in [1.54, 1.807) is 19.2 Å². The zero-order chi connectivity index (χ0) is 19.5. The summed E-state index contributed by atoms with van der Waals surface area (Å²) in [4.78, 5) is 25.8. The van der Waals surface area contributed by atoms with Gasteiger partial charge in [-0.3, -0.25) is 9.10 Å². The van der Waals surface area contributed by atoms with Crippen LogP contribution in [0.3, 0.4) is 0 Å². The van der Waals surface area contributed by atoms with Gasteiger partial charge in [-0.25, -0.2) is 13.2 Å². The standard InChI is InChI=1S/C17H21N3O5S/c1-12(16(21)19(2)9-4-8-18)25-17(22)14-5-6-15-13(11-14)7-10-20(15)26(3,23)24/h5-6,11-12H,4,7,9-10H2,1-3H3/t12-/m0/s1. The summed E-state index contributed by atoms with van der Waals surface area (Å²) in [5, 5.41) is 8.56. The lowest BCUT2D eigenvalue weighted by Crippen LogP contribution is -2.37. The van der Waals surface area contributed by atoms with E-state index in [1.165, 1.54) is 22.2 Å². The molecular weight excluding hydrogens is 358 g/mol. The summed E-state index contributed by atoms with van der Waals surface area (Å²) in [6.07, 6.45) is 0.867. The maximum atomic E-state index is 12.3. The molecule has 0 unspecified atom stereocenters. The SMILES string of the molecule is C[C@H](OC(=O)c1ccc2c(c1)CCN2S(C)(=O)=O)C(=O)N(C)CCC#N. The van der Waals surface area contributed by atoms with Gasteiger partial charge >= 0.3 is 5.97 Å². The number of esters is 1. The Morgan fingerprint density at radius 2 is 2.12 bits per heavy atom. The van der Waals surface area contributed by atoms with Crippen LogP contribution in [-0.2, 0) is 26.0 Å². The third-order valence-electron chi connectivity index (χ3n) is 4.14. The van der Waals surface area contributed by atoms with E-state index in [2.05, 4.69) is 0 Å². The average Bonchev–Trinajstić information content (AvgIpc) is 3.02. The minimum Gasteiger partial charge on any atom is -0.449 e. The highest BCUT2D eigenvalue weighted by molar-refractivity contribution is 7.92. The third-order valence-corrected chi connectivity index (χ3v) is 5.32. The first-order valence-electron chi connectivity index (χ1n) is 8.08. The second-order valence-electron chi connectivity index (χ2n) is 6.14. The highest BCUT2D eigenvalue weighted by atomic mass is 32.2. The van der Waals surface area contributed by atoms with Gasteiger partial charge in [0.15, 0.2) is 6.10 Å². The minimum absolute atomic E-state index is 0.199. The summed E-state index contributed by atoms with van der Waals surface area (Å²) in [6, 6.07) is 6.61. The van der Waals surface area contributed by atoms with Crippen molar-refractivity contribution in [3.8, 4) is 6.07 Å². The van der Waals surface area contributed by atoms with Crippen molar-refractivity contribution < 1.29 is 22.7 Å². The molecule has 1 amide bonds. The van der Waals surface area contributed by atoms with Crippen molar-refractivity contribution in [3.05, 3.63) is 29.3 Å². The molecule has 2 rings (SSSR count). The summed E-state index contributed by atoms with van der Waals surface area (Å²) >= 11 is 0. The molecule has 1 heterocycles. The summed E-state index contributed by atoms with van der Waals surface area (Å²) in [5.74, 6) is -1.04. The van der Waals surface area contributed by atoms with E-state index in [9.17, 15) is 18.0 Å². The number of rotatable bonds is 6. The van der Waals surface area contributed by atoms with Gasteiger partial charge < -0.3 is 9.64 Å². The Morgan fingerprint density at radius 1 is 1.42 bits per heavy atom. The summed E-state index contributed by atoms with van der Waals surface area (Å²) < 4.78 is 30.0. The fourth-order valence-corrected chi connectivity index (χ4v) is 3.72. The van der Waals surface area contributed by atoms with Gasteiger partial charge in [-0.1, -0.05) is 0 Å². The van der Waals surface area contributed by atoms with E-state index in [4.69, 9.17) is 10.00 Å². The number of fused-ring (bicyclic) bond motifs is 1. The molecule has 1 atom stereocenters. The Bertz CT molecular complexity index is 860. The monoisotopic (exact) mass is 379 g/mol. The highest BCUT2D eigenvalue weighted by Crippen LogP contribution is 2.30. The Labute approximate surface area is 153 Å². The number of hydrogen-bond donors (Lipinski definition) is 0. The molecule has 140 valence electrons. The second-order valence-corrected chi connectivity index (χ2v) is 8.05. The van der Waals surface area contributed by atoms with E-state index in [-0.39, 0.29) is 18.5 Å². The number of ether oxygens (including phenoxy) is 1. The van der Waals surface area contributed by atoms with E-state index in [0.29, 0.717) is 18.7 Å². The number of nitriles is 1. The molecule has 0 fully saturated rings. The van der Waals surface area contributed by atoms with Crippen LogP contribution in [0.4, 0.5) is 5.69 Å². The number of carbonyl (C=O) groups excluding carboxylic acids is 2. The molecule has 1 aromatic carbocycles. The van der Waals surface area contributed by atoms with Crippen molar-refractivity contribution in [1.29, 1.82) is 5.26 Å². The summed E-state index contributed by atoms with van der Waals surface area (Å²) in [7, 11) is -1.81. The normalized spacial score (nSPS) is 14.3. The van der Waals surface area contributed by atoms with Gasteiger partial charge in [0.05, 0.1) is 30.0 Å². The Kier molecular flexibility index (Phi) is 5.87. The first-order valence-corrected chi connectivity index (χ1v) is 9.93. The lowest BCUT2D eigenvalue weighted by Gasteiger charge is -2.20. The molecule has 0 spiro atoms. The lowest BCUT2D eigenvalue weighted by atomic mass is 10.1. The Hall–Kier alpha value is -2.60. The van der Waals surface area contributed by atoms with Gasteiger partial charge in [0, 0.05) is 20.1 Å². The quantitative estimate of drug-likeness (QED) is 0.680. The van der Waals surface area contributed by atoms with Gasteiger partial charge in [-0.15, -0.1) is 0 Å². The maximum Gasteiger partial charge on any atom is 0.338 e.